The van der Waals surface area contributed by atoms with Gasteiger partial charge in [-0.25, -0.2) is 0 Å². The van der Waals surface area contributed by atoms with E-state index in [1.54, 1.807) is 14.0 Å². The van der Waals surface area contributed by atoms with Crippen LogP contribution in [0.15, 0.2) is 0 Å². The smallest absolute Gasteiger partial charge is 0.323 e. The van der Waals surface area contributed by atoms with Gasteiger partial charge in [0.05, 0.1) is 0 Å². The second-order valence-electron chi connectivity index (χ2n) is 5.75. The summed E-state index contributed by atoms with van der Waals surface area (Å²) in [5, 5.41) is 12.1. The van der Waals surface area contributed by atoms with Crippen molar-refractivity contribution in [3.8, 4) is 0 Å². The molecule has 0 aromatic heterocycles. The fourth-order valence-corrected chi connectivity index (χ4v) is 2.51. The highest BCUT2D eigenvalue weighted by atomic mass is 16.4. The van der Waals surface area contributed by atoms with Crippen LogP contribution in [0.2, 0.25) is 0 Å². The van der Waals surface area contributed by atoms with Gasteiger partial charge in [-0.15, -0.1) is 0 Å². The zero-order chi connectivity index (χ0) is 13.2. The predicted octanol–water partition coefficient (Wildman–Crippen LogP) is 0.219. The van der Waals surface area contributed by atoms with Crippen molar-refractivity contribution in [3.05, 3.63) is 0 Å². The average Bonchev–Trinajstić information content (AvgIpc) is 3.20. The second kappa shape index (κ2) is 5.55. The van der Waals surface area contributed by atoms with Crippen molar-refractivity contribution in [1.29, 1.82) is 0 Å². The molecule has 18 heavy (non-hydrogen) atoms. The SMILES string of the molecule is CNC(C)(CCN1CCN(C2CC2)CC1)C(=O)O. The van der Waals surface area contributed by atoms with Crippen LogP contribution < -0.4 is 5.32 Å². The molecular formula is C13H25N3O2. The molecule has 0 radical (unpaired) electrons. The van der Waals surface area contributed by atoms with E-state index >= 15 is 0 Å². The predicted molar refractivity (Wildman–Crippen MR) is 70.8 cm³/mol. The maximum absolute atomic E-state index is 11.2. The topological polar surface area (TPSA) is 55.8 Å². The first-order valence-corrected chi connectivity index (χ1v) is 6.94. The van der Waals surface area contributed by atoms with Crippen LogP contribution in [0.3, 0.4) is 0 Å². The third kappa shape index (κ3) is 3.22. The molecule has 1 saturated heterocycles. The number of carboxylic acids is 1. The van der Waals surface area contributed by atoms with Gasteiger partial charge in [-0.3, -0.25) is 9.69 Å². The molecule has 2 rings (SSSR count). The van der Waals surface area contributed by atoms with Crippen LogP contribution in [-0.4, -0.2) is 72.2 Å². The fraction of sp³-hybridized carbons (Fsp3) is 0.923. The number of carboxylic acid groups (broad SMARTS) is 1. The summed E-state index contributed by atoms with van der Waals surface area (Å²) < 4.78 is 0. The van der Waals surface area contributed by atoms with E-state index < -0.39 is 11.5 Å². The van der Waals surface area contributed by atoms with Crippen LogP contribution in [0.1, 0.15) is 26.2 Å². The van der Waals surface area contributed by atoms with Crippen LogP contribution in [0.5, 0.6) is 0 Å². The van der Waals surface area contributed by atoms with Gasteiger partial charge in [0.25, 0.3) is 0 Å². The van der Waals surface area contributed by atoms with Gasteiger partial charge in [0.2, 0.25) is 0 Å². The minimum atomic E-state index is -0.798. The number of nitrogens with zero attached hydrogens (tertiary/aromatic N) is 2. The number of likely N-dealkylation sites (N-methyl/N-ethyl adjacent to an activating group) is 1. The third-order valence-electron chi connectivity index (χ3n) is 4.42. The van der Waals surface area contributed by atoms with Gasteiger partial charge in [-0.2, -0.15) is 0 Å². The minimum Gasteiger partial charge on any atom is -0.480 e. The molecule has 2 fully saturated rings. The number of nitrogens with one attached hydrogen (secondary N) is 1. The van der Waals surface area contributed by atoms with Gasteiger partial charge in [0, 0.05) is 38.8 Å². The number of rotatable bonds is 6. The van der Waals surface area contributed by atoms with Gasteiger partial charge in [0.15, 0.2) is 0 Å². The van der Waals surface area contributed by atoms with Gasteiger partial charge in [-0.05, 0) is 33.2 Å². The van der Waals surface area contributed by atoms with E-state index in [0.717, 1.165) is 38.8 Å². The summed E-state index contributed by atoms with van der Waals surface area (Å²) in [4.78, 5) is 16.1. The lowest BCUT2D eigenvalue weighted by Gasteiger charge is -2.36. The number of piperazine rings is 1. The lowest BCUT2D eigenvalue weighted by atomic mass is 9.98. The number of aliphatic carboxylic acids is 1. The van der Waals surface area contributed by atoms with E-state index in [2.05, 4.69) is 15.1 Å². The zero-order valence-corrected chi connectivity index (χ0v) is 11.5. The van der Waals surface area contributed by atoms with Crippen LogP contribution in [0, 0.1) is 0 Å². The van der Waals surface area contributed by atoms with Crippen LogP contribution in [0.4, 0.5) is 0 Å². The third-order valence-corrected chi connectivity index (χ3v) is 4.42. The van der Waals surface area contributed by atoms with Gasteiger partial charge >= 0.3 is 5.97 Å². The lowest BCUT2D eigenvalue weighted by Crippen LogP contribution is -2.52. The Morgan fingerprint density at radius 2 is 1.94 bits per heavy atom. The molecule has 1 aliphatic heterocycles. The first-order valence-electron chi connectivity index (χ1n) is 6.94. The van der Waals surface area contributed by atoms with E-state index in [4.69, 9.17) is 0 Å². The molecule has 1 atom stereocenters. The Hall–Kier alpha value is -0.650. The minimum absolute atomic E-state index is 0.655. The maximum atomic E-state index is 11.2. The molecular weight excluding hydrogens is 230 g/mol. The summed E-state index contributed by atoms with van der Waals surface area (Å²) in [6.45, 7) is 7.08. The van der Waals surface area contributed by atoms with Crippen molar-refractivity contribution >= 4 is 5.97 Å². The van der Waals surface area contributed by atoms with Crippen molar-refractivity contribution < 1.29 is 9.90 Å². The Bertz CT molecular complexity index is 299. The Morgan fingerprint density at radius 1 is 1.33 bits per heavy atom. The van der Waals surface area contributed by atoms with E-state index in [-0.39, 0.29) is 0 Å². The first kappa shape index (κ1) is 13.8. The first-order chi connectivity index (χ1) is 8.55. The Morgan fingerprint density at radius 3 is 2.39 bits per heavy atom. The molecule has 5 heteroatoms. The molecule has 1 saturated carbocycles. The van der Waals surface area contributed by atoms with Crippen molar-refractivity contribution in [2.45, 2.75) is 37.8 Å². The fourth-order valence-electron chi connectivity index (χ4n) is 2.51. The van der Waals surface area contributed by atoms with Crippen LogP contribution in [-0.2, 0) is 4.79 Å². The highest BCUT2D eigenvalue weighted by Gasteiger charge is 2.33. The van der Waals surface area contributed by atoms with Crippen LogP contribution in [0.25, 0.3) is 0 Å². The highest BCUT2D eigenvalue weighted by molar-refractivity contribution is 5.78. The second-order valence-corrected chi connectivity index (χ2v) is 5.75. The molecule has 104 valence electrons. The molecule has 1 aliphatic carbocycles. The lowest BCUT2D eigenvalue weighted by molar-refractivity contribution is -0.144. The molecule has 2 aliphatic rings. The zero-order valence-electron chi connectivity index (χ0n) is 11.5. The standard InChI is InChI=1S/C13H25N3O2/c1-13(14-2,12(17)18)5-6-15-7-9-16(10-8-15)11-3-4-11/h11,14H,3-10H2,1-2H3,(H,17,18). The molecule has 0 spiro atoms. The molecule has 1 unspecified atom stereocenters. The van der Waals surface area contributed by atoms with Crippen molar-refractivity contribution in [3.63, 3.8) is 0 Å². The van der Waals surface area contributed by atoms with Gasteiger partial charge < -0.3 is 15.3 Å². The summed E-state index contributed by atoms with van der Waals surface area (Å²) in [5.74, 6) is -0.762. The number of hydrogen-bond acceptors (Lipinski definition) is 4. The summed E-state index contributed by atoms with van der Waals surface area (Å²) in [7, 11) is 1.72. The summed E-state index contributed by atoms with van der Waals surface area (Å²) in [5.41, 5.74) is -0.798. The van der Waals surface area contributed by atoms with Crippen molar-refractivity contribution in [2.24, 2.45) is 0 Å². The molecule has 0 aromatic carbocycles. The summed E-state index contributed by atoms with van der Waals surface area (Å²) in [6.07, 6.45) is 3.40. The summed E-state index contributed by atoms with van der Waals surface area (Å²) >= 11 is 0. The highest BCUT2D eigenvalue weighted by Crippen LogP contribution is 2.27. The Labute approximate surface area is 109 Å². The largest absolute Gasteiger partial charge is 0.480 e. The summed E-state index contributed by atoms with van der Waals surface area (Å²) in [6, 6.07) is 0.855. The number of hydrogen-bond donors (Lipinski definition) is 2. The molecule has 1 heterocycles. The van der Waals surface area contributed by atoms with E-state index in [9.17, 15) is 9.90 Å². The number of carbonyl (C=O) groups is 1. The van der Waals surface area contributed by atoms with Crippen LogP contribution >= 0.6 is 0 Å². The molecule has 0 aromatic rings. The molecule has 0 amide bonds. The average molecular weight is 255 g/mol. The quantitative estimate of drug-likeness (QED) is 0.711. The monoisotopic (exact) mass is 255 g/mol. The molecule has 2 N–H and O–H groups in total. The van der Waals surface area contributed by atoms with Gasteiger partial charge in [0.1, 0.15) is 5.54 Å². The maximum Gasteiger partial charge on any atom is 0.323 e. The van der Waals surface area contributed by atoms with E-state index in [0.29, 0.717) is 6.42 Å². The van der Waals surface area contributed by atoms with Gasteiger partial charge in [-0.1, -0.05) is 0 Å². The normalized spacial score (nSPS) is 25.9. The van der Waals surface area contributed by atoms with E-state index in [1.165, 1.54) is 12.8 Å². The van der Waals surface area contributed by atoms with Crippen molar-refractivity contribution in [2.75, 3.05) is 39.8 Å². The Balaban J connectivity index is 1.72. The van der Waals surface area contributed by atoms with E-state index in [1.807, 2.05) is 0 Å². The van der Waals surface area contributed by atoms with Crippen molar-refractivity contribution in [1.82, 2.24) is 15.1 Å². The molecule has 0 bridgehead atoms. The Kier molecular flexibility index (Phi) is 4.25. The molecule has 5 nitrogen and oxygen atoms in total.